The lowest BCUT2D eigenvalue weighted by atomic mass is 9.95. The van der Waals surface area contributed by atoms with Crippen molar-refractivity contribution in [1.82, 2.24) is 0 Å². The first-order valence-electron chi connectivity index (χ1n) is 4.51. The maximum absolute atomic E-state index is 9.27. The van der Waals surface area contributed by atoms with Gasteiger partial charge in [0.25, 0.3) is 0 Å². The highest BCUT2D eigenvalue weighted by atomic mass is 35.5. The second-order valence-electron chi connectivity index (χ2n) is 2.42. The number of nitrogens with two attached hydrogens (primary N) is 1. The van der Waals surface area contributed by atoms with E-state index in [1.807, 2.05) is 0 Å². The smallest absolute Gasteiger partial charge is 0.152 e. The molecule has 1 aliphatic rings. The Kier molecular flexibility index (Phi) is 3.35. The van der Waals surface area contributed by atoms with Crippen LogP contribution in [0.15, 0.2) is 23.7 Å². The monoisotopic (exact) mass is 193 g/mol. The van der Waals surface area contributed by atoms with Gasteiger partial charge in [0.05, 0.1) is 0 Å². The molecule has 0 aliphatic heterocycles. The zero-order chi connectivity index (χ0) is 10.1. The first-order chi connectivity index (χ1) is 6.00. The van der Waals surface area contributed by atoms with Gasteiger partial charge < -0.3 is 15.9 Å². The third-order valence-electron chi connectivity index (χ3n) is 1.53. The van der Waals surface area contributed by atoms with E-state index in [2.05, 4.69) is 0 Å². The highest BCUT2D eigenvalue weighted by molar-refractivity contribution is 5.85. The molecule has 4 heteroatoms. The van der Waals surface area contributed by atoms with Gasteiger partial charge in [0.1, 0.15) is 5.76 Å². The van der Waals surface area contributed by atoms with Gasteiger partial charge in [0.15, 0.2) is 5.76 Å². The van der Waals surface area contributed by atoms with Gasteiger partial charge in [-0.3, -0.25) is 0 Å². The standard InChI is InChI=1S/C8H13NO2.ClH/c9-4-3-6-1-2-7(10)8(11)5-6;/h1-2,6,10-11H,3-5,9H2;1H/i5D2;. The molecular weight excluding hydrogens is 178 g/mol. The minimum Gasteiger partial charge on any atom is -0.508 e. The summed E-state index contributed by atoms with van der Waals surface area (Å²) in [6.07, 6.45) is 1.37. The van der Waals surface area contributed by atoms with Crippen LogP contribution in [0.3, 0.4) is 0 Å². The van der Waals surface area contributed by atoms with E-state index in [1.165, 1.54) is 12.2 Å². The van der Waals surface area contributed by atoms with E-state index in [4.69, 9.17) is 13.6 Å². The third kappa shape index (κ3) is 2.75. The van der Waals surface area contributed by atoms with Crippen molar-refractivity contribution in [2.75, 3.05) is 6.54 Å². The number of hydrogen-bond donors (Lipinski definition) is 3. The fourth-order valence-electron chi connectivity index (χ4n) is 0.932. The highest BCUT2D eigenvalue weighted by Gasteiger charge is 2.13. The number of allylic oxidation sites excluding steroid dienone is 3. The number of aliphatic hydroxyl groups is 2. The molecule has 0 spiro atoms. The van der Waals surface area contributed by atoms with E-state index in [0.29, 0.717) is 13.0 Å². The Balaban J connectivity index is 0.00000169. The zero-order valence-corrected chi connectivity index (χ0v) is 7.34. The number of aliphatic hydroxyl groups excluding tert-OH is 2. The van der Waals surface area contributed by atoms with Crippen molar-refractivity contribution in [2.45, 2.75) is 12.8 Å². The summed E-state index contributed by atoms with van der Waals surface area (Å²) in [6.45, 7) is 0.350. The van der Waals surface area contributed by atoms with Crippen LogP contribution in [0.25, 0.3) is 0 Å². The lowest BCUT2D eigenvalue weighted by Gasteiger charge is -2.15. The lowest BCUT2D eigenvalue weighted by molar-refractivity contribution is 0.300. The molecule has 1 rings (SSSR count). The molecule has 1 atom stereocenters. The Labute approximate surface area is 80.8 Å². The topological polar surface area (TPSA) is 66.5 Å². The maximum atomic E-state index is 9.27. The summed E-state index contributed by atoms with van der Waals surface area (Å²) in [5.41, 5.74) is 5.30. The van der Waals surface area contributed by atoms with Crippen molar-refractivity contribution in [2.24, 2.45) is 11.7 Å². The van der Waals surface area contributed by atoms with Gasteiger partial charge in [-0.05, 0) is 25.0 Å². The predicted molar refractivity (Wildman–Crippen MR) is 50.5 cm³/mol. The van der Waals surface area contributed by atoms with E-state index in [-0.39, 0.29) is 12.4 Å². The summed E-state index contributed by atoms with van der Waals surface area (Å²) in [5, 5.41) is 18.3. The van der Waals surface area contributed by atoms with Crippen molar-refractivity contribution in [1.29, 1.82) is 0 Å². The molecule has 0 aromatic carbocycles. The van der Waals surface area contributed by atoms with Crippen LogP contribution in [-0.4, -0.2) is 16.8 Å². The van der Waals surface area contributed by atoms with E-state index in [0.717, 1.165) is 0 Å². The minimum atomic E-state index is -1.90. The van der Waals surface area contributed by atoms with Crippen molar-refractivity contribution < 1.29 is 13.0 Å². The van der Waals surface area contributed by atoms with Crippen LogP contribution in [0.5, 0.6) is 0 Å². The summed E-state index contributed by atoms with van der Waals surface area (Å²) >= 11 is 0. The Morgan fingerprint density at radius 3 is 2.92 bits per heavy atom. The average molecular weight is 194 g/mol. The normalized spacial score (nSPS) is 28.9. The zero-order valence-electron chi connectivity index (χ0n) is 8.53. The van der Waals surface area contributed by atoms with Crippen LogP contribution >= 0.6 is 12.4 Å². The molecule has 0 bridgehead atoms. The quantitative estimate of drug-likeness (QED) is 0.625. The molecule has 0 amide bonds. The van der Waals surface area contributed by atoms with E-state index < -0.39 is 23.8 Å². The van der Waals surface area contributed by atoms with Gasteiger partial charge in [0, 0.05) is 9.11 Å². The maximum Gasteiger partial charge on any atom is 0.152 e. The second-order valence-corrected chi connectivity index (χ2v) is 2.42. The Morgan fingerprint density at radius 2 is 2.33 bits per heavy atom. The van der Waals surface area contributed by atoms with Crippen molar-refractivity contribution >= 4 is 12.4 Å². The summed E-state index contributed by atoms with van der Waals surface area (Å²) in [4.78, 5) is 0. The Morgan fingerprint density at radius 1 is 1.67 bits per heavy atom. The van der Waals surface area contributed by atoms with E-state index >= 15 is 0 Å². The Hall–Kier alpha value is -0.670. The van der Waals surface area contributed by atoms with E-state index in [1.54, 1.807) is 0 Å². The summed E-state index contributed by atoms with van der Waals surface area (Å²) in [7, 11) is 0. The van der Waals surface area contributed by atoms with Crippen molar-refractivity contribution in [3.8, 4) is 0 Å². The molecule has 70 valence electrons. The molecule has 0 fully saturated rings. The molecule has 0 saturated carbocycles. The number of halogens is 1. The Bertz CT molecular complexity index is 266. The van der Waals surface area contributed by atoms with Crippen LogP contribution in [0.4, 0.5) is 0 Å². The van der Waals surface area contributed by atoms with Crippen LogP contribution < -0.4 is 5.73 Å². The number of rotatable bonds is 2. The molecule has 0 aromatic heterocycles. The fourth-order valence-corrected chi connectivity index (χ4v) is 0.932. The second kappa shape index (κ2) is 5.06. The molecule has 4 N–H and O–H groups in total. The van der Waals surface area contributed by atoms with E-state index in [9.17, 15) is 5.11 Å². The molecule has 3 nitrogen and oxygen atoms in total. The SMILES string of the molecule is Cl.[2H]C1([2H])C(O)=C(O)C=CC1CCN. The fraction of sp³-hybridized carbons (Fsp3) is 0.500. The first kappa shape index (κ1) is 7.95. The summed E-state index contributed by atoms with van der Waals surface area (Å²) < 4.78 is 15.0. The van der Waals surface area contributed by atoms with Gasteiger partial charge in [-0.2, -0.15) is 0 Å². The summed E-state index contributed by atoms with van der Waals surface area (Å²) in [6, 6.07) is 0. The lowest BCUT2D eigenvalue weighted by Crippen LogP contribution is -2.10. The summed E-state index contributed by atoms with van der Waals surface area (Å²) in [5.74, 6) is -1.47. The van der Waals surface area contributed by atoms with Gasteiger partial charge in [-0.25, -0.2) is 0 Å². The van der Waals surface area contributed by atoms with Crippen LogP contribution in [-0.2, 0) is 0 Å². The molecule has 0 aromatic rings. The van der Waals surface area contributed by atoms with Crippen LogP contribution in [0.1, 0.15) is 15.5 Å². The van der Waals surface area contributed by atoms with Crippen LogP contribution in [0.2, 0.25) is 0 Å². The predicted octanol–water partition coefficient (Wildman–Crippen LogP) is 1.66. The highest BCUT2D eigenvalue weighted by Crippen LogP contribution is 2.22. The van der Waals surface area contributed by atoms with Crippen LogP contribution in [0, 0.1) is 5.92 Å². The minimum absolute atomic E-state index is 0. The third-order valence-corrected chi connectivity index (χ3v) is 1.53. The molecule has 0 saturated heterocycles. The van der Waals surface area contributed by atoms with Crippen molar-refractivity contribution in [3.05, 3.63) is 23.7 Å². The molecule has 1 aliphatic carbocycles. The largest absolute Gasteiger partial charge is 0.508 e. The molecular formula is C8H14ClNO2. The first-order valence-corrected chi connectivity index (χ1v) is 3.51. The van der Waals surface area contributed by atoms with Gasteiger partial charge >= 0.3 is 0 Å². The molecule has 0 heterocycles. The van der Waals surface area contributed by atoms with Gasteiger partial charge in [-0.15, -0.1) is 12.4 Å². The average Bonchev–Trinajstić information content (AvgIpc) is 2.07. The molecule has 12 heavy (non-hydrogen) atoms. The molecule has 0 radical (unpaired) electrons. The van der Waals surface area contributed by atoms with Gasteiger partial charge in [0.2, 0.25) is 0 Å². The molecule has 1 unspecified atom stereocenters. The number of hydrogen-bond acceptors (Lipinski definition) is 3. The van der Waals surface area contributed by atoms with Crippen molar-refractivity contribution in [3.63, 3.8) is 0 Å². The van der Waals surface area contributed by atoms with Gasteiger partial charge in [-0.1, -0.05) is 6.08 Å².